The number of carbonyl (C=O) groups is 3. The molecule has 1 aliphatic carbocycles. The predicted octanol–water partition coefficient (Wildman–Crippen LogP) is 2.00. The molecular weight excluding hydrogens is 344 g/mol. The normalized spacial score (nSPS) is 22.9. The van der Waals surface area contributed by atoms with Crippen molar-refractivity contribution in [2.24, 2.45) is 11.8 Å². The Hall–Kier alpha value is -1.63. The number of rotatable bonds is 5. The summed E-state index contributed by atoms with van der Waals surface area (Å²) in [6.45, 7) is 8.37. The molecule has 7 heteroatoms. The van der Waals surface area contributed by atoms with Crippen molar-refractivity contribution >= 4 is 17.7 Å². The van der Waals surface area contributed by atoms with E-state index in [-0.39, 0.29) is 53.6 Å². The van der Waals surface area contributed by atoms with Crippen LogP contribution in [0.25, 0.3) is 0 Å². The van der Waals surface area contributed by atoms with Gasteiger partial charge in [0, 0.05) is 35.9 Å². The van der Waals surface area contributed by atoms with E-state index in [0.29, 0.717) is 12.8 Å². The highest BCUT2D eigenvalue weighted by molar-refractivity contribution is 5.84. The van der Waals surface area contributed by atoms with E-state index in [1.54, 1.807) is 0 Å². The maximum Gasteiger partial charge on any atom is 0.234 e. The van der Waals surface area contributed by atoms with Crippen LogP contribution in [0.5, 0.6) is 0 Å². The van der Waals surface area contributed by atoms with E-state index >= 15 is 0 Å². The van der Waals surface area contributed by atoms with Gasteiger partial charge in [0.15, 0.2) is 0 Å². The van der Waals surface area contributed by atoms with Crippen LogP contribution in [0.1, 0.15) is 85.5 Å². The Morgan fingerprint density at radius 1 is 0.926 bits per heavy atom. The molecule has 27 heavy (non-hydrogen) atoms. The maximum atomic E-state index is 13.3. The van der Waals surface area contributed by atoms with Crippen LogP contribution >= 0.6 is 0 Å². The van der Waals surface area contributed by atoms with Gasteiger partial charge in [-0.25, -0.2) is 5.84 Å². The fourth-order valence-corrected chi connectivity index (χ4v) is 5.11. The van der Waals surface area contributed by atoms with Crippen molar-refractivity contribution in [3.63, 3.8) is 0 Å². The van der Waals surface area contributed by atoms with Gasteiger partial charge in [-0.2, -0.15) is 0 Å². The fourth-order valence-electron chi connectivity index (χ4n) is 5.11. The molecule has 154 valence electrons. The molecule has 0 atom stereocenters. The third-order valence-corrected chi connectivity index (χ3v) is 5.98. The Morgan fingerprint density at radius 3 is 1.96 bits per heavy atom. The number of hydrogen-bond acceptors (Lipinski definition) is 4. The molecule has 0 aromatic carbocycles. The Balaban J connectivity index is 2.03. The molecule has 1 saturated carbocycles. The molecule has 0 bridgehead atoms. The molecule has 3 amide bonds. The van der Waals surface area contributed by atoms with Crippen LogP contribution in [-0.2, 0) is 14.4 Å². The molecule has 0 aromatic rings. The highest BCUT2D eigenvalue weighted by Crippen LogP contribution is 2.41. The molecule has 1 heterocycles. The molecule has 0 aromatic heterocycles. The lowest BCUT2D eigenvalue weighted by molar-refractivity contribution is -0.156. The average Bonchev–Trinajstić information content (AvgIpc) is 2.58. The topological polar surface area (TPSA) is 105 Å². The second-order valence-electron chi connectivity index (χ2n) is 9.37. The standard InChI is InChI=1S/C20H36N4O3/c1-19(2)12-15(22-16(25)10-11-17(26)23-21)13-20(3,4)24(19)18(27)14-8-6-5-7-9-14/h14-15H,5-13,21H2,1-4H3,(H,22,25)(H,23,26). The first-order valence-corrected chi connectivity index (χ1v) is 10.2. The summed E-state index contributed by atoms with van der Waals surface area (Å²) in [5, 5.41) is 3.05. The Morgan fingerprint density at radius 2 is 1.44 bits per heavy atom. The van der Waals surface area contributed by atoms with E-state index in [2.05, 4.69) is 37.9 Å². The van der Waals surface area contributed by atoms with Gasteiger partial charge in [0.05, 0.1) is 0 Å². The molecule has 2 aliphatic rings. The van der Waals surface area contributed by atoms with Gasteiger partial charge in [-0.3, -0.25) is 19.8 Å². The van der Waals surface area contributed by atoms with E-state index in [9.17, 15) is 14.4 Å². The Bertz CT molecular complexity index is 550. The molecule has 4 N–H and O–H groups in total. The minimum Gasteiger partial charge on any atom is -0.353 e. The van der Waals surface area contributed by atoms with Gasteiger partial charge < -0.3 is 10.2 Å². The number of piperidine rings is 1. The van der Waals surface area contributed by atoms with Crippen molar-refractivity contribution in [1.29, 1.82) is 0 Å². The average molecular weight is 381 g/mol. The highest BCUT2D eigenvalue weighted by Gasteiger charge is 2.49. The number of hydrazine groups is 1. The van der Waals surface area contributed by atoms with Crippen molar-refractivity contribution in [2.75, 3.05) is 0 Å². The largest absolute Gasteiger partial charge is 0.353 e. The third-order valence-electron chi connectivity index (χ3n) is 5.98. The van der Waals surface area contributed by atoms with Crippen LogP contribution < -0.4 is 16.6 Å². The minimum atomic E-state index is -0.348. The quantitative estimate of drug-likeness (QED) is 0.385. The van der Waals surface area contributed by atoms with Gasteiger partial charge in [0.25, 0.3) is 0 Å². The zero-order chi connectivity index (χ0) is 20.2. The van der Waals surface area contributed by atoms with E-state index in [1.165, 1.54) is 6.42 Å². The minimum absolute atomic E-state index is 0.0150. The maximum absolute atomic E-state index is 13.3. The first-order chi connectivity index (χ1) is 12.6. The van der Waals surface area contributed by atoms with Crippen LogP contribution in [0.4, 0.5) is 0 Å². The van der Waals surface area contributed by atoms with Gasteiger partial charge in [-0.15, -0.1) is 0 Å². The summed E-state index contributed by atoms with van der Waals surface area (Å²) >= 11 is 0. The number of nitrogens with two attached hydrogens (primary N) is 1. The molecule has 1 saturated heterocycles. The lowest BCUT2D eigenvalue weighted by atomic mass is 9.75. The number of likely N-dealkylation sites (tertiary alicyclic amines) is 1. The van der Waals surface area contributed by atoms with E-state index in [4.69, 9.17) is 5.84 Å². The lowest BCUT2D eigenvalue weighted by Crippen LogP contribution is -2.67. The van der Waals surface area contributed by atoms with Crippen molar-refractivity contribution < 1.29 is 14.4 Å². The van der Waals surface area contributed by atoms with E-state index < -0.39 is 0 Å². The highest BCUT2D eigenvalue weighted by atomic mass is 16.2. The van der Waals surface area contributed by atoms with E-state index in [0.717, 1.165) is 25.7 Å². The van der Waals surface area contributed by atoms with Crippen LogP contribution in [0.2, 0.25) is 0 Å². The summed E-state index contributed by atoms with van der Waals surface area (Å²) in [5.41, 5.74) is 1.38. The van der Waals surface area contributed by atoms with Crippen LogP contribution in [0.3, 0.4) is 0 Å². The molecule has 0 spiro atoms. The van der Waals surface area contributed by atoms with Crippen molar-refractivity contribution in [2.45, 2.75) is 103 Å². The lowest BCUT2D eigenvalue weighted by Gasteiger charge is -2.56. The van der Waals surface area contributed by atoms with Gasteiger partial charge in [0.2, 0.25) is 17.7 Å². The second-order valence-corrected chi connectivity index (χ2v) is 9.37. The first-order valence-electron chi connectivity index (χ1n) is 10.2. The summed E-state index contributed by atoms with van der Waals surface area (Å²) in [4.78, 5) is 38.8. The summed E-state index contributed by atoms with van der Waals surface area (Å²) in [5.74, 6) is 4.96. The predicted molar refractivity (Wildman–Crippen MR) is 104 cm³/mol. The number of nitrogens with zero attached hydrogens (tertiary/aromatic N) is 1. The SMILES string of the molecule is CC1(C)CC(NC(=O)CCC(=O)NN)CC(C)(C)N1C(=O)C1CCCCC1. The monoisotopic (exact) mass is 380 g/mol. The number of nitrogens with one attached hydrogen (secondary N) is 2. The van der Waals surface area contributed by atoms with Gasteiger partial charge in [-0.1, -0.05) is 19.3 Å². The summed E-state index contributed by atoms with van der Waals surface area (Å²) in [6, 6.07) is -0.0150. The van der Waals surface area contributed by atoms with Crippen LogP contribution in [-0.4, -0.2) is 39.7 Å². The van der Waals surface area contributed by atoms with Crippen LogP contribution in [0, 0.1) is 5.92 Å². The number of carbonyl (C=O) groups excluding carboxylic acids is 3. The van der Waals surface area contributed by atoms with Crippen LogP contribution in [0.15, 0.2) is 0 Å². The van der Waals surface area contributed by atoms with Crippen molar-refractivity contribution in [1.82, 2.24) is 15.6 Å². The molecule has 0 unspecified atom stereocenters. The second kappa shape index (κ2) is 8.59. The summed E-state index contributed by atoms with van der Waals surface area (Å²) in [7, 11) is 0. The Labute approximate surface area is 162 Å². The first kappa shape index (κ1) is 21.7. The van der Waals surface area contributed by atoms with E-state index in [1.807, 2.05) is 5.43 Å². The molecular formula is C20H36N4O3. The summed E-state index contributed by atoms with van der Waals surface area (Å²) < 4.78 is 0. The third kappa shape index (κ3) is 5.43. The molecule has 1 aliphatic heterocycles. The van der Waals surface area contributed by atoms with Gasteiger partial charge in [-0.05, 0) is 53.4 Å². The number of amides is 3. The molecule has 0 radical (unpaired) electrons. The molecule has 2 fully saturated rings. The van der Waals surface area contributed by atoms with Gasteiger partial charge in [0.1, 0.15) is 0 Å². The van der Waals surface area contributed by atoms with Gasteiger partial charge >= 0.3 is 0 Å². The zero-order valence-corrected chi connectivity index (χ0v) is 17.3. The number of hydrogen-bond donors (Lipinski definition) is 3. The molecule has 2 rings (SSSR count). The fraction of sp³-hybridized carbons (Fsp3) is 0.850. The van der Waals surface area contributed by atoms with Crippen molar-refractivity contribution in [3.8, 4) is 0 Å². The van der Waals surface area contributed by atoms with Crippen molar-refractivity contribution in [3.05, 3.63) is 0 Å². The Kier molecular flexibility index (Phi) is 6.89. The summed E-state index contributed by atoms with van der Waals surface area (Å²) in [6.07, 6.45) is 7.11. The molecule has 7 nitrogen and oxygen atoms in total. The zero-order valence-electron chi connectivity index (χ0n) is 17.3. The smallest absolute Gasteiger partial charge is 0.234 e.